The second kappa shape index (κ2) is 10.9. The molecular formula is C29H35BrN2O2. The summed E-state index contributed by atoms with van der Waals surface area (Å²) in [5, 5.41) is 6.36. The van der Waals surface area contributed by atoms with Gasteiger partial charge in [-0.15, -0.1) is 0 Å². The number of likely N-dealkylation sites (tertiary alicyclic amines) is 1. The molecule has 1 saturated heterocycles. The van der Waals surface area contributed by atoms with E-state index in [2.05, 4.69) is 88.0 Å². The molecule has 0 saturated carbocycles. The van der Waals surface area contributed by atoms with Crippen LogP contribution in [0.25, 0.3) is 10.8 Å². The number of carbonyl (C=O) groups is 1. The predicted molar refractivity (Wildman–Crippen MR) is 143 cm³/mol. The fourth-order valence-electron chi connectivity index (χ4n) is 4.80. The van der Waals surface area contributed by atoms with Crippen molar-refractivity contribution in [2.45, 2.75) is 64.1 Å². The van der Waals surface area contributed by atoms with Crippen LogP contribution in [0, 0.1) is 0 Å². The first-order valence-electron chi connectivity index (χ1n) is 12.3. The maximum absolute atomic E-state index is 12.9. The lowest BCUT2D eigenvalue weighted by atomic mass is 9.93. The zero-order valence-corrected chi connectivity index (χ0v) is 22.0. The summed E-state index contributed by atoms with van der Waals surface area (Å²) in [4.78, 5) is 14.8. The van der Waals surface area contributed by atoms with Gasteiger partial charge in [0.15, 0.2) is 0 Å². The van der Waals surface area contributed by atoms with Crippen LogP contribution in [-0.4, -0.2) is 35.7 Å². The Kier molecular flexibility index (Phi) is 7.95. The molecular weight excluding hydrogens is 488 g/mol. The van der Waals surface area contributed by atoms with Crippen LogP contribution in [0.15, 0.2) is 71.2 Å². The molecule has 34 heavy (non-hydrogen) atoms. The van der Waals surface area contributed by atoms with Crippen molar-refractivity contribution in [1.82, 2.24) is 10.2 Å². The van der Waals surface area contributed by atoms with Crippen LogP contribution in [0.5, 0.6) is 0 Å². The summed E-state index contributed by atoms with van der Waals surface area (Å²) in [5.41, 5.74) is 2.07. The number of nitrogens with one attached hydrogen (secondary N) is 1. The van der Waals surface area contributed by atoms with Gasteiger partial charge in [0, 0.05) is 29.6 Å². The summed E-state index contributed by atoms with van der Waals surface area (Å²) in [5.74, 6) is 0. The molecule has 0 radical (unpaired) electrons. The minimum atomic E-state index is -0.487. The number of fused-ring (bicyclic) bond motifs is 1. The Labute approximate surface area is 211 Å². The Bertz CT molecular complexity index is 1120. The van der Waals surface area contributed by atoms with Gasteiger partial charge in [0.2, 0.25) is 0 Å². The van der Waals surface area contributed by atoms with E-state index in [0.29, 0.717) is 0 Å². The second-order valence-electron chi connectivity index (χ2n) is 10.2. The number of hydrogen-bond donors (Lipinski definition) is 1. The van der Waals surface area contributed by atoms with E-state index in [0.717, 1.165) is 43.2 Å². The van der Waals surface area contributed by atoms with Crippen molar-refractivity contribution in [2.24, 2.45) is 0 Å². The minimum Gasteiger partial charge on any atom is -0.444 e. The van der Waals surface area contributed by atoms with Gasteiger partial charge in [-0.3, -0.25) is 0 Å². The lowest BCUT2D eigenvalue weighted by Crippen LogP contribution is -2.50. The number of carbonyl (C=O) groups excluding carboxylic acids is 1. The summed E-state index contributed by atoms with van der Waals surface area (Å²) in [6, 6.07) is 23.9. The van der Waals surface area contributed by atoms with Gasteiger partial charge in [0.05, 0.1) is 0 Å². The van der Waals surface area contributed by atoms with Crippen LogP contribution >= 0.6 is 15.9 Å². The van der Waals surface area contributed by atoms with E-state index in [1.54, 1.807) is 0 Å². The fourth-order valence-corrected chi connectivity index (χ4v) is 5.24. The maximum Gasteiger partial charge on any atom is 0.410 e. The lowest BCUT2D eigenvalue weighted by molar-refractivity contribution is 0.00965. The molecule has 1 fully saturated rings. The number of hydrogen-bond acceptors (Lipinski definition) is 3. The van der Waals surface area contributed by atoms with E-state index in [-0.39, 0.29) is 18.2 Å². The molecule has 2 unspecified atom stereocenters. The molecule has 1 heterocycles. The molecule has 0 aromatic heterocycles. The summed E-state index contributed by atoms with van der Waals surface area (Å²) in [6.45, 7) is 7.27. The highest BCUT2D eigenvalue weighted by Crippen LogP contribution is 2.28. The molecule has 0 spiro atoms. The largest absolute Gasteiger partial charge is 0.444 e. The van der Waals surface area contributed by atoms with Gasteiger partial charge in [-0.25, -0.2) is 4.79 Å². The standard InChI is InChI=1S/C29H35BrN2O2/c1-29(2,3)34-28(33)32-17-7-6-14-24(32)20-31-27(19-21-10-8-13-23(30)18-21)26-16-9-12-22-11-4-5-15-25(22)26/h4-5,8-13,15-16,18,24,27,31H,6-7,14,17,19-20H2,1-3H3. The van der Waals surface area contributed by atoms with Gasteiger partial charge in [0.25, 0.3) is 0 Å². The van der Waals surface area contributed by atoms with E-state index >= 15 is 0 Å². The van der Waals surface area contributed by atoms with Crippen LogP contribution in [0.2, 0.25) is 0 Å². The molecule has 3 aromatic rings. The summed E-state index contributed by atoms with van der Waals surface area (Å²) < 4.78 is 6.81. The second-order valence-corrected chi connectivity index (χ2v) is 11.1. The Morgan fingerprint density at radius 1 is 1.09 bits per heavy atom. The van der Waals surface area contributed by atoms with Crippen LogP contribution in [-0.2, 0) is 11.2 Å². The van der Waals surface area contributed by atoms with Gasteiger partial charge in [-0.05, 0) is 80.5 Å². The molecule has 2 atom stereocenters. The molecule has 5 heteroatoms. The van der Waals surface area contributed by atoms with Crippen molar-refractivity contribution in [3.63, 3.8) is 0 Å². The molecule has 0 aliphatic carbocycles. The number of rotatable bonds is 6. The fraction of sp³-hybridized carbons (Fsp3) is 0.414. The Morgan fingerprint density at radius 3 is 2.65 bits per heavy atom. The molecule has 4 nitrogen and oxygen atoms in total. The number of halogens is 1. The Balaban J connectivity index is 1.58. The highest BCUT2D eigenvalue weighted by molar-refractivity contribution is 9.10. The van der Waals surface area contributed by atoms with E-state index < -0.39 is 5.60 Å². The van der Waals surface area contributed by atoms with Crippen molar-refractivity contribution in [3.8, 4) is 0 Å². The minimum absolute atomic E-state index is 0.128. The summed E-state index contributed by atoms with van der Waals surface area (Å²) >= 11 is 3.62. The number of amides is 1. The third-order valence-electron chi connectivity index (χ3n) is 6.38. The Morgan fingerprint density at radius 2 is 1.85 bits per heavy atom. The first-order valence-corrected chi connectivity index (χ1v) is 13.0. The van der Waals surface area contributed by atoms with Gasteiger partial charge >= 0.3 is 6.09 Å². The number of nitrogens with zero attached hydrogens (tertiary/aromatic N) is 1. The van der Waals surface area contributed by atoms with Crippen molar-refractivity contribution < 1.29 is 9.53 Å². The highest BCUT2D eigenvalue weighted by atomic mass is 79.9. The first kappa shape index (κ1) is 24.7. The zero-order chi connectivity index (χ0) is 24.1. The van der Waals surface area contributed by atoms with Crippen LogP contribution in [0.1, 0.15) is 57.2 Å². The topological polar surface area (TPSA) is 41.6 Å². The van der Waals surface area contributed by atoms with Crippen LogP contribution < -0.4 is 5.32 Å². The summed E-state index contributed by atoms with van der Waals surface area (Å²) in [6.07, 6.45) is 3.82. The van der Waals surface area contributed by atoms with Gasteiger partial charge in [0.1, 0.15) is 5.60 Å². The van der Waals surface area contributed by atoms with Crippen molar-refractivity contribution >= 4 is 32.8 Å². The van der Waals surface area contributed by atoms with Crippen LogP contribution in [0.4, 0.5) is 4.79 Å². The third-order valence-corrected chi connectivity index (χ3v) is 6.88. The molecule has 4 rings (SSSR count). The normalized spacial score (nSPS) is 17.5. The SMILES string of the molecule is CC(C)(C)OC(=O)N1CCCCC1CNC(Cc1cccc(Br)c1)c1cccc2ccccc12. The van der Waals surface area contributed by atoms with Gasteiger partial charge < -0.3 is 15.0 Å². The smallest absolute Gasteiger partial charge is 0.410 e. The molecule has 1 aliphatic heterocycles. The molecule has 1 aliphatic rings. The van der Waals surface area contributed by atoms with Gasteiger partial charge in [-0.1, -0.05) is 70.5 Å². The molecule has 3 aromatic carbocycles. The van der Waals surface area contributed by atoms with E-state index in [1.807, 2.05) is 25.7 Å². The Hall–Kier alpha value is -2.37. The van der Waals surface area contributed by atoms with E-state index in [4.69, 9.17) is 4.74 Å². The molecule has 1 N–H and O–H groups in total. The average molecular weight is 524 g/mol. The number of piperidine rings is 1. The average Bonchev–Trinajstić information content (AvgIpc) is 2.80. The number of ether oxygens (including phenoxy) is 1. The monoisotopic (exact) mass is 522 g/mol. The number of benzene rings is 3. The molecule has 180 valence electrons. The first-order chi connectivity index (χ1) is 16.3. The van der Waals surface area contributed by atoms with Crippen LogP contribution in [0.3, 0.4) is 0 Å². The quantitative estimate of drug-likeness (QED) is 0.370. The lowest BCUT2D eigenvalue weighted by Gasteiger charge is -2.37. The highest BCUT2D eigenvalue weighted by Gasteiger charge is 2.31. The van der Waals surface area contributed by atoms with Gasteiger partial charge in [-0.2, -0.15) is 0 Å². The van der Waals surface area contributed by atoms with Crippen molar-refractivity contribution in [3.05, 3.63) is 82.3 Å². The van der Waals surface area contributed by atoms with Crippen molar-refractivity contribution in [2.75, 3.05) is 13.1 Å². The van der Waals surface area contributed by atoms with Crippen molar-refractivity contribution in [1.29, 1.82) is 0 Å². The third kappa shape index (κ3) is 6.39. The maximum atomic E-state index is 12.9. The van der Waals surface area contributed by atoms with E-state index in [1.165, 1.54) is 21.9 Å². The molecule has 0 bridgehead atoms. The summed E-state index contributed by atoms with van der Waals surface area (Å²) in [7, 11) is 0. The molecule has 1 amide bonds. The van der Waals surface area contributed by atoms with E-state index in [9.17, 15) is 4.79 Å². The predicted octanol–water partition coefficient (Wildman–Crippen LogP) is 7.27. The zero-order valence-electron chi connectivity index (χ0n) is 20.4.